The van der Waals surface area contributed by atoms with Crippen LogP contribution in [0.4, 0.5) is 5.82 Å². The first-order valence-electron chi connectivity index (χ1n) is 6.24. The van der Waals surface area contributed by atoms with Gasteiger partial charge in [0.1, 0.15) is 11.9 Å². The second kappa shape index (κ2) is 7.09. The van der Waals surface area contributed by atoms with E-state index in [2.05, 4.69) is 15.6 Å². The summed E-state index contributed by atoms with van der Waals surface area (Å²) in [5.41, 5.74) is -0.00235. The summed E-state index contributed by atoms with van der Waals surface area (Å²) in [5.74, 6) is -0.626. The summed E-state index contributed by atoms with van der Waals surface area (Å²) in [6, 6.07) is 0.771. The third-order valence-corrected chi connectivity index (χ3v) is 2.81. The number of anilines is 1. The number of amides is 1. The summed E-state index contributed by atoms with van der Waals surface area (Å²) in [5, 5.41) is 14.6. The highest BCUT2D eigenvalue weighted by molar-refractivity contribution is 6.33. The quantitative estimate of drug-likeness (QED) is 0.747. The second-order valence-electron chi connectivity index (χ2n) is 4.86. The van der Waals surface area contributed by atoms with Gasteiger partial charge in [-0.3, -0.25) is 4.79 Å². The van der Waals surface area contributed by atoms with Crippen molar-refractivity contribution in [1.29, 1.82) is 0 Å². The van der Waals surface area contributed by atoms with Crippen LogP contribution in [0.25, 0.3) is 0 Å². The summed E-state index contributed by atoms with van der Waals surface area (Å²) in [6.45, 7) is 6.27. The van der Waals surface area contributed by atoms with Crippen LogP contribution in [0.3, 0.4) is 0 Å². The van der Waals surface area contributed by atoms with Gasteiger partial charge in [0, 0.05) is 12.7 Å². The molecule has 0 aliphatic carbocycles. The fourth-order valence-electron chi connectivity index (χ4n) is 1.39. The van der Waals surface area contributed by atoms with E-state index < -0.39 is 12.0 Å². The second-order valence-corrected chi connectivity index (χ2v) is 5.27. The number of nitrogens with zero attached hydrogens (tertiary/aromatic N) is 1. The maximum atomic E-state index is 11.8. The number of pyridine rings is 1. The van der Waals surface area contributed by atoms with Crippen molar-refractivity contribution in [3.63, 3.8) is 0 Å². The lowest BCUT2D eigenvalue weighted by Gasteiger charge is -2.16. The molecule has 110 valence electrons. The lowest BCUT2D eigenvalue weighted by atomic mass is 10.2. The predicted molar refractivity (Wildman–Crippen MR) is 77.1 cm³/mol. The summed E-state index contributed by atoms with van der Waals surface area (Å²) in [7, 11) is 0. The molecule has 6 nitrogen and oxygen atoms in total. The Hall–Kier alpha value is -1.82. The molecule has 1 atom stereocenters. The van der Waals surface area contributed by atoms with Crippen LogP contribution in [-0.2, 0) is 4.79 Å². The smallest absolute Gasteiger partial charge is 0.337 e. The summed E-state index contributed by atoms with van der Waals surface area (Å²) < 4.78 is 0. The normalized spacial score (nSPS) is 12.1. The van der Waals surface area contributed by atoms with Crippen LogP contribution in [-0.4, -0.2) is 34.6 Å². The zero-order valence-corrected chi connectivity index (χ0v) is 12.4. The number of carboxylic acid groups (broad SMARTS) is 1. The minimum Gasteiger partial charge on any atom is -0.478 e. The summed E-state index contributed by atoms with van der Waals surface area (Å²) >= 11 is 5.93. The van der Waals surface area contributed by atoms with Crippen molar-refractivity contribution in [3.8, 4) is 0 Å². The minimum atomic E-state index is -1.10. The molecule has 1 heterocycles. The average molecular weight is 300 g/mol. The Balaban J connectivity index is 2.68. The van der Waals surface area contributed by atoms with E-state index in [9.17, 15) is 9.59 Å². The number of carbonyl (C=O) groups is 2. The molecule has 1 aromatic heterocycles. The molecule has 0 aliphatic heterocycles. The van der Waals surface area contributed by atoms with Crippen molar-refractivity contribution >= 4 is 29.3 Å². The van der Waals surface area contributed by atoms with Crippen molar-refractivity contribution in [2.24, 2.45) is 5.92 Å². The number of nitrogens with one attached hydrogen (secondary N) is 2. The topological polar surface area (TPSA) is 91.3 Å². The first-order chi connectivity index (χ1) is 9.31. The Labute approximate surface area is 122 Å². The van der Waals surface area contributed by atoms with Crippen LogP contribution < -0.4 is 10.6 Å². The molecule has 0 aliphatic rings. The molecule has 0 fully saturated rings. The monoisotopic (exact) mass is 299 g/mol. The SMILES string of the molecule is CC(C)CNC(=O)C(C)Nc1ncc(C(=O)O)cc1Cl. The fourth-order valence-corrected chi connectivity index (χ4v) is 1.61. The van der Waals surface area contributed by atoms with Crippen molar-refractivity contribution in [1.82, 2.24) is 10.3 Å². The van der Waals surface area contributed by atoms with Crippen molar-refractivity contribution < 1.29 is 14.7 Å². The molecule has 0 aromatic carbocycles. The molecule has 3 N–H and O–H groups in total. The van der Waals surface area contributed by atoms with E-state index >= 15 is 0 Å². The highest BCUT2D eigenvalue weighted by Gasteiger charge is 2.15. The zero-order valence-electron chi connectivity index (χ0n) is 11.6. The van der Waals surface area contributed by atoms with Crippen LogP contribution in [0.5, 0.6) is 0 Å². The third-order valence-electron chi connectivity index (χ3n) is 2.52. The number of rotatable bonds is 6. The van der Waals surface area contributed by atoms with E-state index in [1.54, 1.807) is 6.92 Å². The van der Waals surface area contributed by atoms with E-state index in [1.807, 2.05) is 13.8 Å². The van der Waals surface area contributed by atoms with E-state index in [4.69, 9.17) is 16.7 Å². The number of hydrogen-bond acceptors (Lipinski definition) is 4. The van der Waals surface area contributed by atoms with Crippen LogP contribution in [0.1, 0.15) is 31.1 Å². The van der Waals surface area contributed by atoms with Gasteiger partial charge in [0.05, 0.1) is 10.6 Å². The first-order valence-corrected chi connectivity index (χ1v) is 6.62. The summed E-state index contributed by atoms with van der Waals surface area (Å²) in [4.78, 5) is 26.5. The molecular formula is C13H18ClN3O3. The average Bonchev–Trinajstić information content (AvgIpc) is 2.37. The number of carbonyl (C=O) groups excluding carboxylic acids is 1. The largest absolute Gasteiger partial charge is 0.478 e. The Bertz CT molecular complexity index is 506. The molecule has 20 heavy (non-hydrogen) atoms. The highest BCUT2D eigenvalue weighted by Crippen LogP contribution is 2.20. The van der Waals surface area contributed by atoms with E-state index in [1.165, 1.54) is 12.3 Å². The van der Waals surface area contributed by atoms with E-state index in [-0.39, 0.29) is 22.3 Å². The lowest BCUT2D eigenvalue weighted by molar-refractivity contribution is -0.121. The van der Waals surface area contributed by atoms with Crippen LogP contribution in [0.15, 0.2) is 12.3 Å². The van der Waals surface area contributed by atoms with Crippen molar-refractivity contribution in [3.05, 3.63) is 22.8 Å². The molecule has 1 amide bonds. The van der Waals surface area contributed by atoms with Gasteiger partial charge in [-0.1, -0.05) is 25.4 Å². The Kier molecular flexibility index (Phi) is 5.76. The van der Waals surface area contributed by atoms with Gasteiger partial charge in [0.15, 0.2) is 0 Å². The van der Waals surface area contributed by atoms with Gasteiger partial charge in [-0.2, -0.15) is 0 Å². The van der Waals surface area contributed by atoms with Gasteiger partial charge in [0.2, 0.25) is 5.91 Å². The van der Waals surface area contributed by atoms with Gasteiger partial charge in [0.25, 0.3) is 0 Å². The van der Waals surface area contributed by atoms with E-state index in [0.717, 1.165) is 0 Å². The Morgan fingerprint density at radius 2 is 2.05 bits per heavy atom. The van der Waals surface area contributed by atoms with Crippen LogP contribution >= 0.6 is 11.6 Å². The van der Waals surface area contributed by atoms with Gasteiger partial charge in [-0.05, 0) is 18.9 Å². The number of hydrogen-bond donors (Lipinski definition) is 3. The van der Waals surface area contributed by atoms with Gasteiger partial charge in [-0.15, -0.1) is 0 Å². The molecule has 0 radical (unpaired) electrons. The van der Waals surface area contributed by atoms with Crippen LogP contribution in [0.2, 0.25) is 5.02 Å². The molecule has 1 rings (SSSR count). The molecule has 0 spiro atoms. The molecule has 7 heteroatoms. The van der Waals surface area contributed by atoms with Crippen molar-refractivity contribution in [2.75, 3.05) is 11.9 Å². The lowest BCUT2D eigenvalue weighted by Crippen LogP contribution is -2.39. The number of halogens is 1. The zero-order chi connectivity index (χ0) is 15.3. The fraction of sp³-hybridized carbons (Fsp3) is 0.462. The van der Waals surface area contributed by atoms with Crippen LogP contribution in [0, 0.1) is 5.92 Å². The predicted octanol–water partition coefficient (Wildman–Crippen LogP) is 2.01. The number of aromatic nitrogens is 1. The Morgan fingerprint density at radius 3 is 2.55 bits per heavy atom. The summed E-state index contributed by atoms with van der Waals surface area (Å²) in [6.07, 6.45) is 1.19. The third kappa shape index (κ3) is 4.70. The first kappa shape index (κ1) is 16.2. The molecular weight excluding hydrogens is 282 g/mol. The molecule has 0 saturated carbocycles. The van der Waals surface area contributed by atoms with E-state index in [0.29, 0.717) is 12.5 Å². The molecule has 0 bridgehead atoms. The van der Waals surface area contributed by atoms with Gasteiger partial charge < -0.3 is 15.7 Å². The molecule has 1 aromatic rings. The maximum absolute atomic E-state index is 11.8. The minimum absolute atomic E-state index is 0.00235. The van der Waals surface area contributed by atoms with Gasteiger partial charge in [-0.25, -0.2) is 9.78 Å². The molecule has 0 saturated heterocycles. The number of carboxylic acids is 1. The highest BCUT2D eigenvalue weighted by atomic mass is 35.5. The molecule has 1 unspecified atom stereocenters. The Morgan fingerprint density at radius 1 is 1.40 bits per heavy atom. The standard InChI is InChI=1S/C13H18ClN3O3/c1-7(2)5-16-12(18)8(3)17-11-10(14)4-9(6-15-11)13(19)20/h4,6-8H,5H2,1-3H3,(H,15,17)(H,16,18)(H,19,20). The number of aromatic carboxylic acids is 1. The van der Waals surface area contributed by atoms with Crippen molar-refractivity contribution in [2.45, 2.75) is 26.8 Å². The van der Waals surface area contributed by atoms with Gasteiger partial charge >= 0.3 is 5.97 Å². The maximum Gasteiger partial charge on any atom is 0.337 e.